The van der Waals surface area contributed by atoms with E-state index >= 15 is 0 Å². The van der Waals surface area contributed by atoms with Crippen LogP contribution < -0.4 is 5.73 Å². The van der Waals surface area contributed by atoms with Gasteiger partial charge in [-0.05, 0) is 15.9 Å². The number of rotatable bonds is 2. The van der Waals surface area contributed by atoms with Crippen LogP contribution in [0.15, 0.2) is 10.8 Å². The number of hydrogen-bond donors (Lipinski definition) is 1. The summed E-state index contributed by atoms with van der Waals surface area (Å²) in [6, 6.07) is 0. The van der Waals surface area contributed by atoms with Gasteiger partial charge in [-0.25, -0.2) is 4.68 Å². The molecule has 4 nitrogen and oxygen atoms in total. The van der Waals surface area contributed by atoms with E-state index in [0.717, 1.165) is 4.60 Å². The maximum Gasteiger partial charge on any atom is 0.124 e. The van der Waals surface area contributed by atoms with Gasteiger partial charge in [-0.1, -0.05) is 5.21 Å². The summed E-state index contributed by atoms with van der Waals surface area (Å²) in [7, 11) is 0. The molecule has 0 amide bonds. The van der Waals surface area contributed by atoms with Crippen molar-refractivity contribution in [2.45, 2.75) is 6.54 Å². The molecule has 1 heterocycles. The first-order chi connectivity index (χ1) is 4.34. The summed E-state index contributed by atoms with van der Waals surface area (Å²) in [4.78, 5) is 0. The number of hydrogen-bond acceptors (Lipinski definition) is 3. The standard InChI is InChI=1S/C4H7BrN4/c5-4-3-7-8-9(4)2-1-6/h3H,1-2,6H2. The topological polar surface area (TPSA) is 56.7 Å². The van der Waals surface area contributed by atoms with E-state index in [1.807, 2.05) is 0 Å². The molecule has 0 aromatic carbocycles. The molecule has 2 N–H and O–H groups in total. The van der Waals surface area contributed by atoms with Gasteiger partial charge >= 0.3 is 0 Å². The number of nitrogens with zero attached hydrogens (tertiary/aromatic N) is 3. The zero-order valence-electron chi connectivity index (χ0n) is 4.79. The van der Waals surface area contributed by atoms with Gasteiger partial charge in [-0.3, -0.25) is 0 Å². The summed E-state index contributed by atoms with van der Waals surface area (Å²) in [6.07, 6.45) is 1.63. The maximum absolute atomic E-state index is 5.28. The first-order valence-electron chi connectivity index (χ1n) is 2.58. The van der Waals surface area contributed by atoms with E-state index in [2.05, 4.69) is 26.2 Å². The minimum absolute atomic E-state index is 0.585. The Morgan fingerprint density at radius 3 is 3.00 bits per heavy atom. The van der Waals surface area contributed by atoms with E-state index in [-0.39, 0.29) is 0 Å². The second-order valence-electron chi connectivity index (χ2n) is 1.57. The second-order valence-corrected chi connectivity index (χ2v) is 2.38. The maximum atomic E-state index is 5.28. The molecule has 1 rings (SSSR count). The van der Waals surface area contributed by atoms with Crippen molar-refractivity contribution in [3.8, 4) is 0 Å². The second kappa shape index (κ2) is 2.93. The number of nitrogens with two attached hydrogens (primary N) is 1. The van der Waals surface area contributed by atoms with Crippen molar-refractivity contribution >= 4 is 15.9 Å². The van der Waals surface area contributed by atoms with Crippen LogP contribution in [0.1, 0.15) is 0 Å². The molecular weight excluding hydrogens is 184 g/mol. The molecule has 0 fully saturated rings. The Labute approximate surface area is 61.2 Å². The molecule has 0 saturated heterocycles. The Bertz CT molecular complexity index is 184. The van der Waals surface area contributed by atoms with Crippen LogP contribution in [0.25, 0.3) is 0 Å². The third-order valence-electron chi connectivity index (χ3n) is 0.911. The first kappa shape index (κ1) is 6.70. The Balaban J connectivity index is 2.69. The molecule has 0 atom stereocenters. The van der Waals surface area contributed by atoms with Gasteiger partial charge in [-0.15, -0.1) is 5.10 Å². The molecule has 50 valence electrons. The van der Waals surface area contributed by atoms with Gasteiger partial charge < -0.3 is 5.73 Å². The summed E-state index contributed by atoms with van der Waals surface area (Å²) < 4.78 is 2.56. The van der Waals surface area contributed by atoms with Crippen LogP contribution in [-0.4, -0.2) is 21.5 Å². The van der Waals surface area contributed by atoms with E-state index in [0.29, 0.717) is 13.1 Å². The highest BCUT2D eigenvalue weighted by Gasteiger charge is 1.95. The van der Waals surface area contributed by atoms with Crippen LogP contribution in [0.3, 0.4) is 0 Å². The van der Waals surface area contributed by atoms with Gasteiger partial charge in [0.1, 0.15) is 4.60 Å². The molecule has 5 heteroatoms. The molecular formula is C4H7BrN4. The van der Waals surface area contributed by atoms with Gasteiger partial charge in [0, 0.05) is 6.54 Å². The van der Waals surface area contributed by atoms with Gasteiger partial charge in [0.15, 0.2) is 0 Å². The van der Waals surface area contributed by atoms with Gasteiger partial charge in [0.05, 0.1) is 12.7 Å². The van der Waals surface area contributed by atoms with Crippen molar-refractivity contribution in [1.29, 1.82) is 0 Å². The summed E-state index contributed by atoms with van der Waals surface area (Å²) in [5, 5.41) is 7.40. The molecule has 0 radical (unpaired) electrons. The Kier molecular flexibility index (Phi) is 2.18. The van der Waals surface area contributed by atoms with Crippen molar-refractivity contribution < 1.29 is 0 Å². The molecule has 0 bridgehead atoms. The Morgan fingerprint density at radius 1 is 1.78 bits per heavy atom. The lowest BCUT2D eigenvalue weighted by molar-refractivity contribution is 0.588. The minimum Gasteiger partial charge on any atom is -0.329 e. The molecule has 1 aromatic rings. The van der Waals surface area contributed by atoms with Crippen LogP contribution in [0, 0.1) is 0 Å². The number of halogens is 1. The van der Waals surface area contributed by atoms with Crippen LogP contribution in [-0.2, 0) is 6.54 Å². The van der Waals surface area contributed by atoms with E-state index in [4.69, 9.17) is 5.73 Å². The molecule has 0 spiro atoms. The molecule has 0 aliphatic rings. The van der Waals surface area contributed by atoms with Gasteiger partial charge in [-0.2, -0.15) is 0 Å². The zero-order valence-corrected chi connectivity index (χ0v) is 6.37. The summed E-state index contributed by atoms with van der Waals surface area (Å²) >= 11 is 3.25. The summed E-state index contributed by atoms with van der Waals surface area (Å²) in [5.74, 6) is 0. The molecule has 0 unspecified atom stereocenters. The van der Waals surface area contributed by atoms with Crippen LogP contribution in [0.2, 0.25) is 0 Å². The highest BCUT2D eigenvalue weighted by atomic mass is 79.9. The quantitative estimate of drug-likeness (QED) is 0.715. The third-order valence-corrected chi connectivity index (χ3v) is 1.53. The van der Waals surface area contributed by atoms with Crippen molar-refractivity contribution in [2.75, 3.05) is 6.54 Å². The molecule has 0 saturated carbocycles. The molecule has 0 aliphatic carbocycles. The largest absolute Gasteiger partial charge is 0.329 e. The van der Waals surface area contributed by atoms with Gasteiger partial charge in [0.25, 0.3) is 0 Å². The molecule has 0 aliphatic heterocycles. The molecule has 9 heavy (non-hydrogen) atoms. The summed E-state index contributed by atoms with van der Waals surface area (Å²) in [5.41, 5.74) is 5.28. The van der Waals surface area contributed by atoms with Crippen LogP contribution in [0.5, 0.6) is 0 Å². The third kappa shape index (κ3) is 1.49. The lowest BCUT2D eigenvalue weighted by Crippen LogP contribution is -2.11. The summed E-state index contributed by atoms with van der Waals surface area (Å²) in [6.45, 7) is 1.29. The van der Waals surface area contributed by atoms with E-state index in [1.165, 1.54) is 0 Å². The fourth-order valence-electron chi connectivity index (χ4n) is 0.519. The molecule has 1 aromatic heterocycles. The zero-order chi connectivity index (χ0) is 6.69. The fraction of sp³-hybridized carbons (Fsp3) is 0.500. The van der Waals surface area contributed by atoms with Gasteiger partial charge in [0.2, 0.25) is 0 Å². The predicted octanol–water partition coefficient (Wildman–Crippen LogP) is -0.000700. The fourth-order valence-corrected chi connectivity index (χ4v) is 0.859. The van der Waals surface area contributed by atoms with Crippen molar-refractivity contribution in [1.82, 2.24) is 15.0 Å². The SMILES string of the molecule is NCCn1nncc1Br. The van der Waals surface area contributed by atoms with Crippen LogP contribution in [0.4, 0.5) is 0 Å². The smallest absolute Gasteiger partial charge is 0.124 e. The van der Waals surface area contributed by atoms with E-state index in [1.54, 1.807) is 10.9 Å². The van der Waals surface area contributed by atoms with E-state index in [9.17, 15) is 0 Å². The lowest BCUT2D eigenvalue weighted by Gasteiger charge is -1.95. The average molecular weight is 191 g/mol. The van der Waals surface area contributed by atoms with Crippen molar-refractivity contribution in [3.63, 3.8) is 0 Å². The Morgan fingerprint density at radius 2 is 2.56 bits per heavy atom. The highest BCUT2D eigenvalue weighted by molar-refractivity contribution is 9.10. The first-order valence-corrected chi connectivity index (χ1v) is 3.38. The van der Waals surface area contributed by atoms with Crippen LogP contribution >= 0.6 is 15.9 Å². The van der Waals surface area contributed by atoms with Crippen molar-refractivity contribution in [3.05, 3.63) is 10.8 Å². The lowest BCUT2D eigenvalue weighted by atomic mass is 10.6. The monoisotopic (exact) mass is 190 g/mol. The van der Waals surface area contributed by atoms with E-state index < -0.39 is 0 Å². The number of aromatic nitrogens is 3. The Hall–Kier alpha value is -0.420. The highest BCUT2D eigenvalue weighted by Crippen LogP contribution is 2.03. The minimum atomic E-state index is 0.585. The normalized spacial score (nSPS) is 10.0. The predicted molar refractivity (Wildman–Crippen MR) is 36.8 cm³/mol. The van der Waals surface area contributed by atoms with Crippen molar-refractivity contribution in [2.24, 2.45) is 5.73 Å². The average Bonchev–Trinajstić information content (AvgIpc) is 2.18.